The van der Waals surface area contributed by atoms with Crippen LogP contribution in [0.3, 0.4) is 0 Å². The van der Waals surface area contributed by atoms with Crippen LogP contribution in [0.4, 0.5) is 4.39 Å². The number of rotatable bonds is 9. The van der Waals surface area contributed by atoms with Crippen LogP contribution in [0.15, 0.2) is 24.3 Å². The number of carboxylic acid groups (broad SMARTS) is 1. The summed E-state index contributed by atoms with van der Waals surface area (Å²) in [6.45, 7) is 1.21. The maximum absolute atomic E-state index is 13.3. The lowest BCUT2D eigenvalue weighted by Gasteiger charge is -2.21. The van der Waals surface area contributed by atoms with E-state index in [4.69, 9.17) is 10.8 Å². The molecule has 0 fully saturated rings. The van der Waals surface area contributed by atoms with Crippen molar-refractivity contribution in [1.29, 1.82) is 0 Å². The number of benzene rings is 1. The molecule has 5 N–H and O–H groups in total. The fourth-order valence-corrected chi connectivity index (χ4v) is 2.18. The summed E-state index contributed by atoms with van der Waals surface area (Å²) in [5.41, 5.74) is 5.63. The molecule has 0 unspecified atom stereocenters. The molecule has 3 amide bonds. The lowest BCUT2D eigenvalue weighted by molar-refractivity contribution is -0.137. The highest BCUT2D eigenvalue weighted by Crippen LogP contribution is 2.08. The van der Waals surface area contributed by atoms with Crippen molar-refractivity contribution in [3.8, 4) is 0 Å². The third-order valence-electron chi connectivity index (χ3n) is 3.33. The Hall–Kier alpha value is -2.97. The fraction of sp³-hybridized carbons (Fsp3) is 0.375. The smallest absolute Gasteiger partial charge is 0.303 e. The Morgan fingerprint density at radius 1 is 1.20 bits per heavy atom. The van der Waals surface area contributed by atoms with Gasteiger partial charge in [-0.15, -0.1) is 0 Å². The van der Waals surface area contributed by atoms with Crippen LogP contribution in [0, 0.1) is 5.82 Å². The number of halogens is 1. The minimum atomic E-state index is -1.19. The first-order chi connectivity index (χ1) is 11.7. The molecular weight excluding hydrogens is 333 g/mol. The molecule has 0 saturated heterocycles. The molecule has 1 rings (SSSR count). The van der Waals surface area contributed by atoms with Crippen molar-refractivity contribution in [3.63, 3.8) is 0 Å². The van der Waals surface area contributed by atoms with Gasteiger partial charge in [0.2, 0.25) is 17.7 Å². The second kappa shape index (κ2) is 9.36. The van der Waals surface area contributed by atoms with E-state index < -0.39 is 41.6 Å². The first kappa shape index (κ1) is 20.1. The van der Waals surface area contributed by atoms with Crippen molar-refractivity contribution in [2.45, 2.75) is 38.3 Å². The minimum Gasteiger partial charge on any atom is -0.481 e. The molecule has 8 nitrogen and oxygen atoms in total. The van der Waals surface area contributed by atoms with Crippen molar-refractivity contribution in [3.05, 3.63) is 35.6 Å². The number of carboxylic acids is 1. The molecule has 0 radical (unpaired) electrons. The Morgan fingerprint density at radius 3 is 2.40 bits per heavy atom. The van der Waals surface area contributed by atoms with E-state index in [9.17, 15) is 23.6 Å². The Morgan fingerprint density at radius 2 is 1.88 bits per heavy atom. The molecule has 136 valence electrons. The Bertz CT molecular complexity index is 665. The predicted molar refractivity (Wildman–Crippen MR) is 85.7 cm³/mol. The van der Waals surface area contributed by atoms with Crippen LogP contribution in [0.5, 0.6) is 0 Å². The van der Waals surface area contributed by atoms with Gasteiger partial charge in [-0.2, -0.15) is 0 Å². The minimum absolute atomic E-state index is 0.00636. The van der Waals surface area contributed by atoms with Crippen molar-refractivity contribution in [2.75, 3.05) is 0 Å². The van der Waals surface area contributed by atoms with Gasteiger partial charge in [-0.1, -0.05) is 12.1 Å². The van der Waals surface area contributed by atoms with E-state index in [2.05, 4.69) is 10.6 Å². The molecule has 2 atom stereocenters. The highest BCUT2D eigenvalue weighted by Gasteiger charge is 2.25. The Labute approximate surface area is 143 Å². The number of hydrogen-bond acceptors (Lipinski definition) is 4. The van der Waals surface area contributed by atoms with Gasteiger partial charge in [-0.25, -0.2) is 4.39 Å². The number of nitrogens with one attached hydrogen (secondary N) is 2. The van der Waals surface area contributed by atoms with Crippen LogP contribution < -0.4 is 16.4 Å². The summed E-state index contributed by atoms with van der Waals surface area (Å²) in [7, 11) is 0. The highest BCUT2D eigenvalue weighted by atomic mass is 19.1. The fourth-order valence-electron chi connectivity index (χ4n) is 2.18. The van der Waals surface area contributed by atoms with Crippen LogP contribution in [0.1, 0.15) is 25.3 Å². The lowest BCUT2D eigenvalue weighted by atomic mass is 10.0. The average Bonchev–Trinajstić information content (AvgIpc) is 2.49. The SMILES string of the molecule is CC(=O)N[C@H](Cc1cccc(F)c1)C(=O)N[C@H](CCC(=O)O)C(N)=O. The van der Waals surface area contributed by atoms with E-state index in [1.165, 1.54) is 25.1 Å². The summed E-state index contributed by atoms with van der Waals surface area (Å²) in [6, 6.07) is 3.26. The summed E-state index contributed by atoms with van der Waals surface area (Å²) in [5, 5.41) is 13.4. The first-order valence-corrected chi connectivity index (χ1v) is 7.52. The molecule has 0 aliphatic carbocycles. The number of aliphatic carboxylic acids is 1. The van der Waals surface area contributed by atoms with Gasteiger partial charge in [-0.05, 0) is 24.1 Å². The van der Waals surface area contributed by atoms with Gasteiger partial charge in [0.05, 0.1) is 0 Å². The van der Waals surface area contributed by atoms with Crippen LogP contribution >= 0.6 is 0 Å². The zero-order valence-corrected chi connectivity index (χ0v) is 13.6. The number of primary amides is 1. The van der Waals surface area contributed by atoms with Gasteiger partial charge in [0.25, 0.3) is 0 Å². The number of hydrogen-bond donors (Lipinski definition) is 4. The normalized spacial score (nSPS) is 12.7. The molecule has 9 heteroatoms. The summed E-state index contributed by atoms with van der Waals surface area (Å²) in [6.07, 6.45) is -0.542. The molecule has 0 aliphatic rings. The zero-order valence-electron chi connectivity index (χ0n) is 13.6. The molecule has 0 saturated carbocycles. The maximum Gasteiger partial charge on any atom is 0.303 e. The summed E-state index contributed by atoms with van der Waals surface area (Å²) < 4.78 is 13.3. The first-order valence-electron chi connectivity index (χ1n) is 7.52. The highest BCUT2D eigenvalue weighted by molar-refractivity contribution is 5.91. The average molecular weight is 353 g/mol. The molecule has 25 heavy (non-hydrogen) atoms. The number of carbonyl (C=O) groups is 4. The summed E-state index contributed by atoms with van der Waals surface area (Å²) in [5.74, 6) is -3.72. The van der Waals surface area contributed by atoms with Crippen molar-refractivity contribution >= 4 is 23.7 Å². The van der Waals surface area contributed by atoms with Gasteiger partial charge in [-0.3, -0.25) is 19.2 Å². The summed E-state index contributed by atoms with van der Waals surface area (Å²) >= 11 is 0. The third kappa shape index (κ3) is 7.42. The monoisotopic (exact) mass is 353 g/mol. The third-order valence-corrected chi connectivity index (χ3v) is 3.33. The maximum atomic E-state index is 13.3. The molecule has 0 aliphatic heterocycles. The van der Waals surface area contributed by atoms with Gasteiger partial charge in [0.15, 0.2) is 0 Å². The zero-order chi connectivity index (χ0) is 19.0. The standard InChI is InChI=1S/C16H20FN3O5/c1-9(21)19-13(8-10-3-2-4-11(17)7-10)16(25)20-12(15(18)24)5-6-14(22)23/h2-4,7,12-13H,5-6,8H2,1H3,(H2,18,24)(H,19,21)(H,20,25)(H,22,23)/t12-,13-/m1/s1. The molecule has 0 heterocycles. The van der Waals surface area contributed by atoms with Gasteiger partial charge in [0, 0.05) is 19.8 Å². The number of carbonyl (C=O) groups excluding carboxylic acids is 3. The van der Waals surface area contributed by atoms with Crippen LogP contribution in [-0.2, 0) is 25.6 Å². The molecule has 1 aromatic rings. The van der Waals surface area contributed by atoms with E-state index in [1.54, 1.807) is 6.07 Å². The lowest BCUT2D eigenvalue weighted by Crippen LogP contribution is -2.53. The second-order valence-corrected chi connectivity index (χ2v) is 5.48. The van der Waals surface area contributed by atoms with E-state index in [-0.39, 0.29) is 19.3 Å². The second-order valence-electron chi connectivity index (χ2n) is 5.48. The molecule has 1 aromatic carbocycles. The molecule has 0 aromatic heterocycles. The van der Waals surface area contributed by atoms with Gasteiger partial charge >= 0.3 is 5.97 Å². The van der Waals surface area contributed by atoms with E-state index in [0.717, 1.165) is 0 Å². The van der Waals surface area contributed by atoms with Crippen LogP contribution in [0.2, 0.25) is 0 Å². The van der Waals surface area contributed by atoms with E-state index >= 15 is 0 Å². The van der Waals surface area contributed by atoms with Crippen LogP contribution in [0.25, 0.3) is 0 Å². The van der Waals surface area contributed by atoms with E-state index in [0.29, 0.717) is 5.56 Å². The predicted octanol–water partition coefficient (Wildman–Crippen LogP) is -0.292. The topological polar surface area (TPSA) is 139 Å². The van der Waals surface area contributed by atoms with Gasteiger partial charge in [0.1, 0.15) is 17.9 Å². The molecule has 0 bridgehead atoms. The Kier molecular flexibility index (Phi) is 7.51. The van der Waals surface area contributed by atoms with Crippen molar-refractivity contribution < 1.29 is 28.7 Å². The molecule has 0 spiro atoms. The Balaban J connectivity index is 2.85. The van der Waals surface area contributed by atoms with Crippen molar-refractivity contribution in [1.82, 2.24) is 10.6 Å². The van der Waals surface area contributed by atoms with Crippen molar-refractivity contribution in [2.24, 2.45) is 5.73 Å². The number of nitrogens with two attached hydrogens (primary N) is 1. The molecular formula is C16H20FN3O5. The summed E-state index contributed by atoms with van der Waals surface area (Å²) in [4.78, 5) is 45.6. The van der Waals surface area contributed by atoms with Gasteiger partial charge < -0.3 is 21.5 Å². The van der Waals surface area contributed by atoms with E-state index in [1.807, 2.05) is 0 Å². The quantitative estimate of drug-likeness (QED) is 0.483. The van der Waals surface area contributed by atoms with Crippen LogP contribution in [-0.4, -0.2) is 40.9 Å². The number of amides is 3. The largest absolute Gasteiger partial charge is 0.481 e.